The number of nitrogens with zero attached hydrogens (tertiary/aromatic N) is 3. The highest BCUT2D eigenvalue weighted by Crippen LogP contribution is 2.46. The van der Waals surface area contributed by atoms with Crippen LogP contribution >= 0.6 is 12.2 Å². The maximum absolute atomic E-state index is 5.90. The molecule has 1 N–H and O–H groups in total. The van der Waals surface area contributed by atoms with Gasteiger partial charge >= 0.3 is 0 Å². The zero-order valence-electron chi connectivity index (χ0n) is 19.3. The summed E-state index contributed by atoms with van der Waals surface area (Å²) in [5.41, 5.74) is 5.12. The number of thiocarbonyl (C=S) groups is 1. The number of aromatic nitrogens is 2. The van der Waals surface area contributed by atoms with Crippen molar-refractivity contribution in [3.8, 4) is 17.2 Å². The van der Waals surface area contributed by atoms with Crippen molar-refractivity contribution < 1.29 is 9.47 Å². The van der Waals surface area contributed by atoms with Crippen molar-refractivity contribution in [2.75, 3.05) is 19.1 Å². The predicted molar refractivity (Wildman–Crippen MR) is 138 cm³/mol. The van der Waals surface area contributed by atoms with Crippen LogP contribution in [0.15, 0.2) is 85.2 Å². The molecule has 0 bridgehead atoms. The minimum absolute atomic E-state index is 0.164. The first-order chi connectivity index (χ1) is 16.6. The summed E-state index contributed by atoms with van der Waals surface area (Å²) in [7, 11) is 3.32. The third kappa shape index (κ3) is 3.88. The van der Waals surface area contributed by atoms with Crippen LogP contribution < -0.4 is 19.7 Å². The van der Waals surface area contributed by atoms with E-state index < -0.39 is 0 Å². The Bertz CT molecular complexity index is 1320. The number of hydrogen-bond donors (Lipinski definition) is 1. The van der Waals surface area contributed by atoms with E-state index in [0.29, 0.717) is 10.9 Å². The number of anilines is 1. The lowest BCUT2D eigenvalue weighted by Crippen LogP contribution is -2.30. The Morgan fingerprint density at radius 1 is 0.941 bits per heavy atom. The Balaban J connectivity index is 1.71. The molecule has 2 atom stereocenters. The topological polar surface area (TPSA) is 51.6 Å². The summed E-state index contributed by atoms with van der Waals surface area (Å²) in [6, 6.07) is 24.0. The van der Waals surface area contributed by atoms with Gasteiger partial charge in [0.2, 0.25) is 0 Å². The molecule has 4 aromatic rings. The first kappa shape index (κ1) is 22.0. The van der Waals surface area contributed by atoms with Crippen LogP contribution in [0.3, 0.4) is 0 Å². The van der Waals surface area contributed by atoms with E-state index in [1.54, 1.807) is 14.2 Å². The number of benzene rings is 2. The summed E-state index contributed by atoms with van der Waals surface area (Å²) in [4.78, 5) is 6.77. The molecule has 0 radical (unpaired) electrons. The quantitative estimate of drug-likeness (QED) is 0.382. The second-order valence-electron chi connectivity index (χ2n) is 8.18. The van der Waals surface area contributed by atoms with Crippen LogP contribution in [0.1, 0.15) is 29.0 Å². The lowest BCUT2D eigenvalue weighted by Gasteiger charge is -2.30. The molecule has 1 aliphatic rings. The van der Waals surface area contributed by atoms with E-state index in [-0.39, 0.29) is 12.1 Å². The second-order valence-corrected chi connectivity index (χ2v) is 8.56. The van der Waals surface area contributed by atoms with Crippen molar-refractivity contribution >= 4 is 23.0 Å². The Morgan fingerprint density at radius 3 is 2.56 bits per heavy atom. The molecule has 1 fully saturated rings. The van der Waals surface area contributed by atoms with Crippen LogP contribution in [0, 0.1) is 6.92 Å². The van der Waals surface area contributed by atoms with Crippen LogP contribution in [-0.4, -0.2) is 28.9 Å². The van der Waals surface area contributed by atoms with Gasteiger partial charge in [-0.15, -0.1) is 0 Å². The molecular formula is C27H26N4O2S. The zero-order valence-corrected chi connectivity index (χ0v) is 20.1. The first-order valence-electron chi connectivity index (χ1n) is 11.1. The lowest BCUT2D eigenvalue weighted by molar-refractivity contribution is 0.402. The lowest BCUT2D eigenvalue weighted by atomic mass is 10.0. The molecule has 0 amide bonds. The Kier molecular flexibility index (Phi) is 5.94. The maximum Gasteiger partial charge on any atom is 0.174 e. The van der Waals surface area contributed by atoms with Crippen LogP contribution in [0.25, 0.3) is 5.69 Å². The van der Waals surface area contributed by atoms with Crippen molar-refractivity contribution in [1.82, 2.24) is 14.9 Å². The summed E-state index contributed by atoms with van der Waals surface area (Å²) in [5.74, 6) is 1.44. The molecule has 34 heavy (non-hydrogen) atoms. The van der Waals surface area contributed by atoms with Crippen molar-refractivity contribution in [1.29, 1.82) is 0 Å². The number of nitrogens with one attached hydrogen (secondary N) is 1. The Morgan fingerprint density at radius 2 is 1.82 bits per heavy atom. The smallest absolute Gasteiger partial charge is 0.174 e. The predicted octanol–water partition coefficient (Wildman–Crippen LogP) is 5.38. The number of rotatable bonds is 6. The fourth-order valence-corrected chi connectivity index (χ4v) is 4.89. The van der Waals surface area contributed by atoms with Crippen LogP contribution in [-0.2, 0) is 0 Å². The summed E-state index contributed by atoms with van der Waals surface area (Å²) < 4.78 is 13.5. The van der Waals surface area contributed by atoms with Crippen molar-refractivity contribution in [2.45, 2.75) is 19.0 Å². The van der Waals surface area contributed by atoms with E-state index in [4.69, 9.17) is 21.7 Å². The van der Waals surface area contributed by atoms with Gasteiger partial charge in [0.05, 0.1) is 31.6 Å². The molecule has 0 saturated carbocycles. The summed E-state index contributed by atoms with van der Waals surface area (Å²) >= 11 is 5.90. The average Bonchev–Trinajstić information content (AvgIpc) is 3.48. The molecule has 1 aliphatic heterocycles. The van der Waals surface area contributed by atoms with Gasteiger partial charge in [0.1, 0.15) is 17.5 Å². The first-order valence-corrected chi connectivity index (χ1v) is 11.5. The van der Waals surface area contributed by atoms with Crippen molar-refractivity contribution in [3.63, 3.8) is 0 Å². The highest BCUT2D eigenvalue weighted by Gasteiger charge is 2.43. The molecule has 6 nitrogen and oxygen atoms in total. The second kappa shape index (κ2) is 9.19. The largest absolute Gasteiger partial charge is 0.497 e. The SMILES string of the molecule is COc1ccc(OC)c(N2C(=S)N[C@@H](c3ccccn3)[C@H]2c2cccn2-c2cccc(C)c2)c1. The molecule has 5 rings (SSSR count). The van der Waals surface area contributed by atoms with Crippen LogP contribution in [0.4, 0.5) is 5.69 Å². The highest BCUT2D eigenvalue weighted by atomic mass is 32.1. The maximum atomic E-state index is 5.90. The molecule has 2 aromatic carbocycles. The van der Waals surface area contributed by atoms with Gasteiger partial charge < -0.3 is 24.3 Å². The van der Waals surface area contributed by atoms with Gasteiger partial charge in [0.15, 0.2) is 5.11 Å². The van der Waals surface area contributed by atoms with E-state index in [1.165, 1.54) is 5.56 Å². The van der Waals surface area contributed by atoms with Crippen LogP contribution in [0.5, 0.6) is 11.5 Å². The average molecular weight is 471 g/mol. The fourth-order valence-electron chi connectivity index (χ4n) is 4.55. The number of ether oxygens (including phenoxy) is 2. The van der Waals surface area contributed by atoms with Gasteiger partial charge in [0.25, 0.3) is 0 Å². The minimum Gasteiger partial charge on any atom is -0.497 e. The zero-order chi connectivity index (χ0) is 23.7. The van der Waals surface area contributed by atoms with E-state index in [1.807, 2.05) is 42.6 Å². The highest BCUT2D eigenvalue weighted by molar-refractivity contribution is 7.80. The third-order valence-electron chi connectivity index (χ3n) is 6.11. The summed E-state index contributed by atoms with van der Waals surface area (Å²) in [6.45, 7) is 2.10. The van der Waals surface area contributed by atoms with Crippen molar-refractivity contribution in [2.24, 2.45) is 0 Å². The molecule has 7 heteroatoms. The van der Waals surface area contributed by atoms with Crippen LogP contribution in [0.2, 0.25) is 0 Å². The molecular weight excluding hydrogens is 444 g/mol. The third-order valence-corrected chi connectivity index (χ3v) is 6.42. The standard InChI is InChI=1S/C27H26N4O2S/c1-18-8-6-9-19(16-18)30-15-7-11-22(30)26-25(21-10-4-5-14-28-21)29-27(34)31(26)23-17-20(32-2)12-13-24(23)33-3/h4-17,25-26H,1-3H3,(H,29,34)/t25-,26+/m0/s1. The monoisotopic (exact) mass is 470 g/mol. The summed E-state index contributed by atoms with van der Waals surface area (Å²) in [6.07, 6.45) is 3.90. The molecule has 0 aliphatic carbocycles. The van der Waals surface area contributed by atoms with Gasteiger partial charge in [0, 0.05) is 29.8 Å². The van der Waals surface area contributed by atoms with Gasteiger partial charge in [-0.2, -0.15) is 0 Å². The minimum atomic E-state index is -0.182. The molecule has 3 heterocycles. The van der Waals surface area contributed by atoms with Gasteiger partial charge in [-0.05, 0) is 73.2 Å². The molecule has 1 saturated heterocycles. The van der Waals surface area contributed by atoms with Gasteiger partial charge in [-0.1, -0.05) is 18.2 Å². The van der Waals surface area contributed by atoms with Gasteiger partial charge in [-0.3, -0.25) is 4.98 Å². The molecule has 172 valence electrons. The fraction of sp³-hybridized carbons (Fsp3) is 0.185. The summed E-state index contributed by atoms with van der Waals surface area (Å²) in [5, 5.41) is 4.12. The molecule has 0 spiro atoms. The van der Waals surface area contributed by atoms with Crippen molar-refractivity contribution in [3.05, 3.63) is 102 Å². The van der Waals surface area contributed by atoms with E-state index >= 15 is 0 Å². The van der Waals surface area contributed by atoms with E-state index in [9.17, 15) is 0 Å². The Labute approximate surface area is 204 Å². The van der Waals surface area contributed by atoms with E-state index in [2.05, 4.69) is 69.3 Å². The van der Waals surface area contributed by atoms with Gasteiger partial charge in [-0.25, -0.2) is 0 Å². The Hall–Kier alpha value is -3.84. The number of aryl methyl sites for hydroxylation is 1. The number of hydrogen-bond acceptors (Lipinski definition) is 4. The normalized spacial score (nSPS) is 17.5. The number of pyridine rings is 1. The molecule has 2 aromatic heterocycles. The number of methoxy groups -OCH3 is 2. The van der Waals surface area contributed by atoms with E-state index in [0.717, 1.165) is 28.5 Å². The molecule has 0 unspecified atom stereocenters.